The van der Waals surface area contributed by atoms with E-state index in [9.17, 15) is 23.8 Å². The number of carboxylic acid groups (broad SMARTS) is 1. The number of carboxylic acids is 1. The summed E-state index contributed by atoms with van der Waals surface area (Å²) in [7, 11) is 0. The molecule has 0 bridgehead atoms. The zero-order valence-electron chi connectivity index (χ0n) is 10.1. The van der Waals surface area contributed by atoms with Crippen molar-refractivity contribution in [2.45, 2.75) is 43.3 Å². The van der Waals surface area contributed by atoms with Gasteiger partial charge in [-0.3, -0.25) is 0 Å². The number of halogens is 2. The van der Waals surface area contributed by atoms with E-state index in [1.165, 1.54) is 6.92 Å². The van der Waals surface area contributed by atoms with Gasteiger partial charge in [0.15, 0.2) is 6.17 Å². The number of hydrogen-bond donors (Lipinski definition) is 5. The van der Waals surface area contributed by atoms with Crippen molar-refractivity contribution < 1.29 is 38.7 Å². The lowest BCUT2D eigenvalue weighted by Gasteiger charge is -2.44. The molecule has 1 aliphatic rings. The van der Waals surface area contributed by atoms with Gasteiger partial charge in [-0.15, -0.1) is 0 Å². The van der Waals surface area contributed by atoms with Crippen LogP contribution in [0.4, 0.5) is 8.78 Å². The molecule has 7 atom stereocenters. The number of aliphatic hydroxyl groups excluding tert-OH is 3. The third kappa shape index (κ3) is 2.70. The first-order valence-corrected chi connectivity index (χ1v) is 5.63. The molecule has 1 saturated heterocycles. The fraction of sp³-hybridized carbons (Fsp3) is 0.900. The van der Waals surface area contributed by atoms with Crippen LogP contribution in [0.25, 0.3) is 0 Å². The Labute approximate surface area is 107 Å². The van der Waals surface area contributed by atoms with Gasteiger partial charge in [-0.1, -0.05) is 6.92 Å². The molecule has 7 nitrogen and oxygen atoms in total. The molecule has 1 aliphatic heterocycles. The number of alkyl halides is 2. The Morgan fingerprint density at radius 1 is 1.53 bits per heavy atom. The molecule has 0 spiro atoms. The Hall–Kier alpha value is -0.870. The molecule has 1 heterocycles. The fourth-order valence-corrected chi connectivity index (χ4v) is 1.98. The lowest BCUT2D eigenvalue weighted by molar-refractivity contribution is -0.282. The highest BCUT2D eigenvalue weighted by Gasteiger charge is 2.60. The van der Waals surface area contributed by atoms with E-state index in [1.54, 1.807) is 0 Å². The van der Waals surface area contributed by atoms with Gasteiger partial charge in [-0.05, 0) is 0 Å². The molecular formula is C10H17F2NO6. The second-order valence-electron chi connectivity index (χ2n) is 4.61. The summed E-state index contributed by atoms with van der Waals surface area (Å²) in [6.07, 6.45) is -7.66. The standard InChI is InChI=1S/C10H17F2NO6/c1-3-5(13)8(11)10(12,9(17)18)19-7(3)6(16)4(15)2-14/h3-8,14-16H,2,13H2,1H3,(H,17,18). The van der Waals surface area contributed by atoms with E-state index in [0.29, 0.717) is 0 Å². The Morgan fingerprint density at radius 2 is 2.05 bits per heavy atom. The van der Waals surface area contributed by atoms with Crippen molar-refractivity contribution in [3.8, 4) is 0 Å². The largest absolute Gasteiger partial charge is 0.477 e. The van der Waals surface area contributed by atoms with Gasteiger partial charge >= 0.3 is 11.8 Å². The van der Waals surface area contributed by atoms with Gasteiger partial charge in [0.1, 0.15) is 12.2 Å². The average Bonchev–Trinajstić information content (AvgIpc) is 2.38. The molecule has 112 valence electrons. The molecule has 0 saturated carbocycles. The second-order valence-corrected chi connectivity index (χ2v) is 4.61. The summed E-state index contributed by atoms with van der Waals surface area (Å²) in [4.78, 5) is 10.8. The Morgan fingerprint density at radius 3 is 2.47 bits per heavy atom. The van der Waals surface area contributed by atoms with Crippen LogP contribution in [-0.4, -0.2) is 69.4 Å². The third-order valence-electron chi connectivity index (χ3n) is 3.34. The fourth-order valence-electron chi connectivity index (χ4n) is 1.98. The van der Waals surface area contributed by atoms with Gasteiger partial charge in [0.25, 0.3) is 0 Å². The van der Waals surface area contributed by atoms with Crippen molar-refractivity contribution in [2.24, 2.45) is 11.7 Å². The molecule has 19 heavy (non-hydrogen) atoms. The third-order valence-corrected chi connectivity index (χ3v) is 3.34. The number of aliphatic carboxylic acids is 1. The molecular weight excluding hydrogens is 268 g/mol. The van der Waals surface area contributed by atoms with E-state index in [4.69, 9.17) is 15.9 Å². The monoisotopic (exact) mass is 285 g/mol. The molecule has 7 unspecified atom stereocenters. The topological polar surface area (TPSA) is 133 Å². The van der Waals surface area contributed by atoms with Crippen LogP contribution in [-0.2, 0) is 9.53 Å². The lowest BCUT2D eigenvalue weighted by Crippen LogP contribution is -2.66. The van der Waals surface area contributed by atoms with Crippen molar-refractivity contribution in [3.63, 3.8) is 0 Å². The summed E-state index contributed by atoms with van der Waals surface area (Å²) in [5, 5.41) is 36.3. The predicted molar refractivity (Wildman–Crippen MR) is 57.5 cm³/mol. The predicted octanol–water partition coefficient (Wildman–Crippen LogP) is -1.85. The molecule has 0 radical (unpaired) electrons. The Bertz CT molecular complexity index is 342. The van der Waals surface area contributed by atoms with Crippen LogP contribution < -0.4 is 5.73 Å². The number of aliphatic hydroxyl groups is 3. The highest BCUT2D eigenvalue weighted by Crippen LogP contribution is 2.37. The molecule has 0 aromatic heterocycles. The summed E-state index contributed by atoms with van der Waals surface area (Å²) >= 11 is 0. The molecule has 9 heteroatoms. The van der Waals surface area contributed by atoms with Crippen LogP contribution in [0, 0.1) is 5.92 Å². The van der Waals surface area contributed by atoms with E-state index < -0.39 is 54.9 Å². The van der Waals surface area contributed by atoms with Crippen LogP contribution in [0.2, 0.25) is 0 Å². The first-order valence-electron chi connectivity index (χ1n) is 5.63. The van der Waals surface area contributed by atoms with Crippen molar-refractivity contribution in [1.82, 2.24) is 0 Å². The first kappa shape index (κ1) is 16.2. The maximum atomic E-state index is 14.0. The summed E-state index contributed by atoms with van der Waals surface area (Å²) < 4.78 is 32.1. The van der Waals surface area contributed by atoms with Crippen molar-refractivity contribution in [1.29, 1.82) is 0 Å². The van der Waals surface area contributed by atoms with Gasteiger partial charge in [-0.25, -0.2) is 9.18 Å². The first-order chi connectivity index (χ1) is 8.66. The summed E-state index contributed by atoms with van der Waals surface area (Å²) in [6, 6.07) is -1.54. The normalized spacial score (nSPS) is 42.7. The van der Waals surface area contributed by atoms with E-state index >= 15 is 0 Å². The summed E-state index contributed by atoms with van der Waals surface area (Å²) in [5.41, 5.74) is 5.39. The summed E-state index contributed by atoms with van der Waals surface area (Å²) in [5.74, 6) is -6.88. The van der Waals surface area contributed by atoms with Crippen LogP contribution in [0.5, 0.6) is 0 Å². The van der Waals surface area contributed by atoms with Crippen molar-refractivity contribution in [3.05, 3.63) is 0 Å². The van der Waals surface area contributed by atoms with Crippen molar-refractivity contribution >= 4 is 5.97 Å². The number of hydrogen-bond acceptors (Lipinski definition) is 6. The average molecular weight is 285 g/mol. The summed E-state index contributed by atoms with van der Waals surface area (Å²) in [6.45, 7) is 0.463. The van der Waals surface area contributed by atoms with Gasteiger partial charge in [0.05, 0.1) is 12.7 Å². The zero-order chi connectivity index (χ0) is 15.0. The number of ether oxygens (including phenoxy) is 1. The quantitative estimate of drug-likeness (QED) is 0.409. The Balaban J connectivity index is 3.04. The van der Waals surface area contributed by atoms with E-state index in [0.717, 1.165) is 0 Å². The Kier molecular flexibility index (Phi) is 4.80. The van der Waals surface area contributed by atoms with Gasteiger partial charge in [-0.2, -0.15) is 4.39 Å². The molecule has 1 fully saturated rings. The van der Waals surface area contributed by atoms with E-state index in [-0.39, 0.29) is 0 Å². The molecule has 0 aromatic rings. The minimum absolute atomic E-state index is 0.853. The number of nitrogens with two attached hydrogens (primary N) is 1. The second kappa shape index (κ2) is 5.63. The number of carbonyl (C=O) groups is 1. The SMILES string of the molecule is CC1C(N)C(F)C(F)(C(=O)O)OC1C(O)C(O)CO. The van der Waals surface area contributed by atoms with Crippen LogP contribution >= 0.6 is 0 Å². The molecule has 0 aliphatic carbocycles. The minimum Gasteiger partial charge on any atom is -0.477 e. The highest BCUT2D eigenvalue weighted by molar-refractivity contribution is 5.76. The van der Waals surface area contributed by atoms with Gasteiger partial charge in [0.2, 0.25) is 0 Å². The zero-order valence-corrected chi connectivity index (χ0v) is 10.1. The van der Waals surface area contributed by atoms with Crippen LogP contribution in [0.3, 0.4) is 0 Å². The van der Waals surface area contributed by atoms with Crippen LogP contribution in [0.1, 0.15) is 6.92 Å². The molecule has 1 rings (SSSR count). The number of rotatable bonds is 4. The maximum absolute atomic E-state index is 14.0. The molecule has 6 N–H and O–H groups in total. The smallest absolute Gasteiger partial charge is 0.372 e. The lowest BCUT2D eigenvalue weighted by atomic mass is 9.83. The highest BCUT2D eigenvalue weighted by atomic mass is 19.2. The van der Waals surface area contributed by atoms with Gasteiger partial charge < -0.3 is 30.9 Å². The van der Waals surface area contributed by atoms with Crippen molar-refractivity contribution in [2.75, 3.05) is 6.61 Å². The van der Waals surface area contributed by atoms with Gasteiger partial charge in [0, 0.05) is 12.0 Å². The molecule has 0 amide bonds. The minimum atomic E-state index is -3.70. The van der Waals surface area contributed by atoms with E-state index in [1.807, 2.05) is 0 Å². The van der Waals surface area contributed by atoms with Crippen LogP contribution in [0.15, 0.2) is 0 Å². The van der Waals surface area contributed by atoms with E-state index in [2.05, 4.69) is 4.74 Å². The molecule has 0 aromatic carbocycles. The maximum Gasteiger partial charge on any atom is 0.372 e.